The monoisotopic (exact) mass is 275 g/mol. The fraction of sp³-hybridized carbons (Fsp3) is 0.500. The van der Waals surface area contributed by atoms with Gasteiger partial charge in [-0.15, -0.1) is 0 Å². The number of aryl methyl sites for hydroxylation is 3. The Labute approximate surface area is 118 Å². The third-order valence-corrected chi connectivity index (χ3v) is 3.12. The van der Waals surface area contributed by atoms with E-state index in [-0.39, 0.29) is 11.9 Å². The highest BCUT2D eigenvalue weighted by atomic mass is 16.1. The molecular weight excluding hydrogens is 254 g/mol. The van der Waals surface area contributed by atoms with Crippen molar-refractivity contribution in [2.24, 2.45) is 0 Å². The molecule has 1 unspecified atom stereocenters. The number of carbonyl (C=O) groups is 1. The lowest BCUT2D eigenvalue weighted by atomic mass is 10.2. The molecule has 2 aromatic heterocycles. The van der Waals surface area contributed by atoms with E-state index in [9.17, 15) is 4.79 Å². The highest BCUT2D eigenvalue weighted by Gasteiger charge is 2.17. The molecule has 0 fully saturated rings. The summed E-state index contributed by atoms with van der Waals surface area (Å²) in [6.45, 7) is 8.59. The molecule has 2 rings (SSSR count). The molecule has 0 saturated carbocycles. The van der Waals surface area contributed by atoms with Gasteiger partial charge in [-0.2, -0.15) is 5.10 Å². The van der Waals surface area contributed by atoms with Crippen molar-refractivity contribution >= 4 is 5.91 Å². The minimum absolute atomic E-state index is 0.119. The zero-order chi connectivity index (χ0) is 14.7. The molecule has 0 saturated heterocycles. The number of amides is 1. The van der Waals surface area contributed by atoms with E-state index in [2.05, 4.69) is 27.3 Å². The maximum atomic E-state index is 12.3. The number of nitrogens with zero attached hydrogens (tertiary/aromatic N) is 3. The second-order valence-electron chi connectivity index (χ2n) is 5.04. The lowest BCUT2D eigenvalue weighted by Gasteiger charge is -2.10. The van der Waals surface area contributed by atoms with Crippen molar-refractivity contribution in [1.29, 1.82) is 0 Å². The first kappa shape index (κ1) is 14.3. The summed E-state index contributed by atoms with van der Waals surface area (Å²) >= 11 is 0. The van der Waals surface area contributed by atoms with Crippen LogP contribution in [0, 0.1) is 13.8 Å². The quantitative estimate of drug-likeness (QED) is 0.877. The summed E-state index contributed by atoms with van der Waals surface area (Å²) in [7, 11) is 0. The lowest BCUT2D eigenvalue weighted by molar-refractivity contribution is 0.0937. The molecule has 0 bridgehead atoms. The number of hydrogen-bond donors (Lipinski definition) is 2. The van der Waals surface area contributed by atoms with Gasteiger partial charge in [-0.05, 0) is 27.2 Å². The minimum atomic E-state index is -0.162. The van der Waals surface area contributed by atoms with Crippen LogP contribution < -0.4 is 5.32 Å². The molecule has 2 N–H and O–H groups in total. The van der Waals surface area contributed by atoms with E-state index >= 15 is 0 Å². The number of aromatic nitrogens is 4. The van der Waals surface area contributed by atoms with Gasteiger partial charge in [-0.25, -0.2) is 4.98 Å². The Balaban J connectivity index is 2.08. The predicted molar refractivity (Wildman–Crippen MR) is 76.5 cm³/mol. The van der Waals surface area contributed by atoms with Crippen molar-refractivity contribution in [2.75, 3.05) is 0 Å². The highest BCUT2D eigenvalue weighted by Crippen LogP contribution is 2.11. The summed E-state index contributed by atoms with van der Waals surface area (Å²) < 4.78 is 1.81. The van der Waals surface area contributed by atoms with E-state index in [1.807, 2.05) is 25.5 Å². The molecule has 6 nitrogen and oxygen atoms in total. The zero-order valence-corrected chi connectivity index (χ0v) is 12.4. The van der Waals surface area contributed by atoms with E-state index < -0.39 is 0 Å². The number of hydrogen-bond acceptors (Lipinski definition) is 3. The van der Waals surface area contributed by atoms with Gasteiger partial charge in [-0.1, -0.05) is 6.92 Å². The average Bonchev–Trinajstić information content (AvgIpc) is 2.96. The standard InChI is InChI=1S/C14H21N5O/c1-5-6-19-8-12(10(3)18-19)14(20)17-11(4)13-15-7-9(2)16-13/h7-8,11H,5-6H2,1-4H3,(H,15,16)(H,17,20). The van der Waals surface area contributed by atoms with Gasteiger partial charge >= 0.3 is 0 Å². The minimum Gasteiger partial charge on any atom is -0.344 e. The third kappa shape index (κ3) is 3.07. The van der Waals surface area contributed by atoms with Gasteiger partial charge in [0, 0.05) is 24.6 Å². The lowest BCUT2D eigenvalue weighted by Crippen LogP contribution is -2.27. The van der Waals surface area contributed by atoms with Crippen LogP contribution in [0.5, 0.6) is 0 Å². The molecule has 0 spiro atoms. The van der Waals surface area contributed by atoms with E-state index in [1.54, 1.807) is 12.4 Å². The van der Waals surface area contributed by atoms with Crippen molar-refractivity contribution in [3.8, 4) is 0 Å². The Morgan fingerprint density at radius 3 is 2.85 bits per heavy atom. The summed E-state index contributed by atoms with van der Waals surface area (Å²) in [4.78, 5) is 19.6. The number of H-pyrrole nitrogens is 1. The van der Waals surface area contributed by atoms with Gasteiger partial charge in [0.15, 0.2) is 0 Å². The molecule has 108 valence electrons. The van der Waals surface area contributed by atoms with Gasteiger partial charge in [0.05, 0.1) is 17.3 Å². The van der Waals surface area contributed by atoms with Crippen LogP contribution in [0.15, 0.2) is 12.4 Å². The molecule has 2 heterocycles. The summed E-state index contributed by atoms with van der Waals surface area (Å²) in [5.74, 6) is 0.640. The van der Waals surface area contributed by atoms with Crippen LogP contribution in [0.4, 0.5) is 0 Å². The largest absolute Gasteiger partial charge is 0.344 e. The van der Waals surface area contributed by atoms with Gasteiger partial charge in [0.25, 0.3) is 5.91 Å². The second-order valence-corrected chi connectivity index (χ2v) is 5.04. The Hall–Kier alpha value is -2.11. The van der Waals surface area contributed by atoms with Crippen molar-refractivity contribution in [2.45, 2.75) is 46.7 Å². The maximum absolute atomic E-state index is 12.3. The maximum Gasteiger partial charge on any atom is 0.255 e. The summed E-state index contributed by atoms with van der Waals surface area (Å²) in [5.41, 5.74) is 2.35. The van der Waals surface area contributed by atoms with Crippen molar-refractivity contribution in [3.05, 3.63) is 35.2 Å². The van der Waals surface area contributed by atoms with Gasteiger partial charge in [0.2, 0.25) is 0 Å². The van der Waals surface area contributed by atoms with E-state index in [1.165, 1.54) is 0 Å². The normalized spacial score (nSPS) is 12.4. The molecular formula is C14H21N5O. The number of imidazole rings is 1. The molecule has 20 heavy (non-hydrogen) atoms. The van der Waals surface area contributed by atoms with Crippen molar-refractivity contribution in [3.63, 3.8) is 0 Å². The van der Waals surface area contributed by atoms with Gasteiger partial charge < -0.3 is 10.3 Å². The Kier molecular flexibility index (Phi) is 4.22. The molecule has 2 aromatic rings. The first-order valence-corrected chi connectivity index (χ1v) is 6.87. The smallest absolute Gasteiger partial charge is 0.255 e. The SMILES string of the molecule is CCCn1cc(C(=O)NC(C)c2ncc(C)[nH]2)c(C)n1. The van der Waals surface area contributed by atoms with Gasteiger partial charge in [0.1, 0.15) is 5.82 Å². The number of nitrogens with one attached hydrogen (secondary N) is 2. The number of rotatable bonds is 5. The first-order valence-electron chi connectivity index (χ1n) is 6.87. The summed E-state index contributed by atoms with van der Waals surface area (Å²) in [6.07, 6.45) is 4.54. The molecule has 0 aliphatic heterocycles. The van der Waals surface area contributed by atoms with Gasteiger partial charge in [-0.3, -0.25) is 9.48 Å². The van der Waals surface area contributed by atoms with E-state index in [0.717, 1.165) is 30.2 Å². The van der Waals surface area contributed by atoms with Crippen LogP contribution >= 0.6 is 0 Å². The molecule has 0 aliphatic carbocycles. The topological polar surface area (TPSA) is 75.6 Å². The summed E-state index contributed by atoms with van der Waals surface area (Å²) in [6, 6.07) is -0.162. The Bertz CT molecular complexity index is 598. The Morgan fingerprint density at radius 1 is 1.50 bits per heavy atom. The van der Waals surface area contributed by atoms with E-state index in [0.29, 0.717) is 5.56 Å². The second kappa shape index (κ2) is 5.90. The highest BCUT2D eigenvalue weighted by molar-refractivity contribution is 5.95. The van der Waals surface area contributed by atoms with Crippen LogP contribution in [0.25, 0.3) is 0 Å². The molecule has 1 amide bonds. The molecule has 0 aliphatic rings. The first-order chi connectivity index (χ1) is 9.51. The fourth-order valence-corrected chi connectivity index (χ4v) is 2.08. The van der Waals surface area contributed by atoms with Crippen LogP contribution in [-0.4, -0.2) is 25.7 Å². The van der Waals surface area contributed by atoms with Crippen LogP contribution in [-0.2, 0) is 6.54 Å². The third-order valence-electron chi connectivity index (χ3n) is 3.12. The molecule has 0 radical (unpaired) electrons. The van der Waals surface area contributed by atoms with Crippen LogP contribution in [0.2, 0.25) is 0 Å². The van der Waals surface area contributed by atoms with E-state index in [4.69, 9.17) is 0 Å². The molecule has 6 heteroatoms. The average molecular weight is 275 g/mol. The van der Waals surface area contributed by atoms with Crippen molar-refractivity contribution < 1.29 is 4.79 Å². The zero-order valence-electron chi connectivity index (χ0n) is 12.4. The molecule has 1 atom stereocenters. The van der Waals surface area contributed by atoms with Crippen LogP contribution in [0.3, 0.4) is 0 Å². The Morgan fingerprint density at radius 2 is 2.25 bits per heavy atom. The predicted octanol–water partition coefficient (Wildman–Crippen LogP) is 2.12. The van der Waals surface area contributed by atoms with Crippen LogP contribution in [0.1, 0.15) is 53.9 Å². The number of carbonyl (C=O) groups excluding carboxylic acids is 1. The summed E-state index contributed by atoms with van der Waals surface area (Å²) in [5, 5.41) is 7.27. The number of aromatic amines is 1. The van der Waals surface area contributed by atoms with Crippen molar-refractivity contribution in [1.82, 2.24) is 25.1 Å². The molecule has 0 aromatic carbocycles. The fourth-order valence-electron chi connectivity index (χ4n) is 2.08.